The summed E-state index contributed by atoms with van der Waals surface area (Å²) in [5.41, 5.74) is 3.06. The standard InChI is InChI=1S/C12H13N5O3/c1-2-8-3-4-10(9(5-8)17(18)19)20-12-7-14-6-11(15-12)16-13/h3-7H,2,13H2,1H3,(H,15,16). The lowest BCUT2D eigenvalue weighted by Crippen LogP contribution is -2.09. The van der Waals surface area contributed by atoms with E-state index in [1.165, 1.54) is 18.5 Å². The van der Waals surface area contributed by atoms with Crippen LogP contribution in [0.4, 0.5) is 11.5 Å². The fraction of sp³-hybridized carbons (Fsp3) is 0.167. The molecule has 3 N–H and O–H groups in total. The van der Waals surface area contributed by atoms with E-state index in [2.05, 4.69) is 15.4 Å². The molecule has 2 aromatic rings. The summed E-state index contributed by atoms with van der Waals surface area (Å²) in [5.74, 6) is 5.74. The lowest BCUT2D eigenvalue weighted by Gasteiger charge is -2.07. The van der Waals surface area contributed by atoms with Gasteiger partial charge in [0.15, 0.2) is 5.82 Å². The van der Waals surface area contributed by atoms with Gasteiger partial charge in [-0.05, 0) is 18.1 Å². The molecule has 0 radical (unpaired) electrons. The first-order chi connectivity index (χ1) is 9.63. The second-order valence-electron chi connectivity index (χ2n) is 3.90. The summed E-state index contributed by atoms with van der Waals surface area (Å²) in [6.07, 6.45) is 3.45. The highest BCUT2D eigenvalue weighted by molar-refractivity contribution is 5.50. The third-order valence-electron chi connectivity index (χ3n) is 2.60. The lowest BCUT2D eigenvalue weighted by molar-refractivity contribution is -0.385. The second kappa shape index (κ2) is 5.93. The van der Waals surface area contributed by atoms with Crippen molar-refractivity contribution in [2.75, 3.05) is 5.43 Å². The van der Waals surface area contributed by atoms with Gasteiger partial charge < -0.3 is 10.2 Å². The van der Waals surface area contributed by atoms with Gasteiger partial charge in [-0.15, -0.1) is 0 Å². The van der Waals surface area contributed by atoms with Gasteiger partial charge in [-0.1, -0.05) is 13.0 Å². The number of aromatic nitrogens is 2. The number of ether oxygens (including phenoxy) is 1. The van der Waals surface area contributed by atoms with Gasteiger partial charge in [0, 0.05) is 6.07 Å². The van der Waals surface area contributed by atoms with Crippen LogP contribution >= 0.6 is 0 Å². The third kappa shape index (κ3) is 2.98. The first-order valence-corrected chi connectivity index (χ1v) is 5.88. The molecule has 0 aliphatic rings. The quantitative estimate of drug-likeness (QED) is 0.487. The van der Waals surface area contributed by atoms with Crippen LogP contribution in [0.3, 0.4) is 0 Å². The number of hydrogen-bond acceptors (Lipinski definition) is 7. The number of nitrogens with one attached hydrogen (secondary N) is 1. The first kappa shape index (κ1) is 13.7. The van der Waals surface area contributed by atoms with E-state index in [1.807, 2.05) is 6.92 Å². The van der Waals surface area contributed by atoms with E-state index in [0.717, 1.165) is 5.56 Å². The number of nitrogens with two attached hydrogens (primary N) is 1. The van der Waals surface area contributed by atoms with E-state index in [4.69, 9.17) is 10.6 Å². The molecule has 2 rings (SSSR count). The summed E-state index contributed by atoms with van der Waals surface area (Å²) in [6, 6.07) is 4.79. The van der Waals surface area contributed by atoms with Crippen molar-refractivity contribution in [1.82, 2.24) is 9.97 Å². The van der Waals surface area contributed by atoms with Crippen molar-refractivity contribution in [1.29, 1.82) is 0 Å². The van der Waals surface area contributed by atoms with Gasteiger partial charge in [-0.2, -0.15) is 4.98 Å². The highest BCUT2D eigenvalue weighted by Crippen LogP contribution is 2.31. The van der Waals surface area contributed by atoms with Crippen LogP contribution in [0.15, 0.2) is 30.6 Å². The average molecular weight is 275 g/mol. The Balaban J connectivity index is 2.34. The van der Waals surface area contributed by atoms with E-state index >= 15 is 0 Å². The number of aryl methyl sites for hydroxylation is 1. The largest absolute Gasteiger partial charge is 0.430 e. The number of nitro groups is 1. The number of anilines is 1. The summed E-state index contributed by atoms with van der Waals surface area (Å²) in [6.45, 7) is 1.92. The summed E-state index contributed by atoms with van der Waals surface area (Å²) >= 11 is 0. The number of rotatable bonds is 5. The van der Waals surface area contributed by atoms with Crippen molar-refractivity contribution < 1.29 is 9.66 Å². The molecule has 0 aliphatic carbocycles. The van der Waals surface area contributed by atoms with E-state index in [1.54, 1.807) is 12.1 Å². The van der Waals surface area contributed by atoms with Crippen molar-refractivity contribution >= 4 is 11.5 Å². The minimum Gasteiger partial charge on any atom is -0.430 e. The molecule has 1 aromatic heterocycles. The molecular formula is C12H13N5O3. The molecular weight excluding hydrogens is 262 g/mol. The molecule has 0 aliphatic heterocycles. The van der Waals surface area contributed by atoms with Crippen LogP contribution in [-0.2, 0) is 6.42 Å². The number of nitro benzene ring substituents is 1. The molecule has 104 valence electrons. The van der Waals surface area contributed by atoms with Gasteiger partial charge in [0.05, 0.1) is 17.3 Å². The Kier molecular flexibility index (Phi) is 4.06. The smallest absolute Gasteiger partial charge is 0.311 e. The Morgan fingerprint density at radius 1 is 1.45 bits per heavy atom. The molecule has 0 saturated heterocycles. The first-order valence-electron chi connectivity index (χ1n) is 5.88. The predicted octanol–water partition coefficient (Wildman–Crippen LogP) is 2.03. The van der Waals surface area contributed by atoms with Crippen LogP contribution in [0.1, 0.15) is 12.5 Å². The minimum atomic E-state index is -0.493. The molecule has 0 fully saturated rings. The van der Waals surface area contributed by atoms with Gasteiger partial charge in [-0.25, -0.2) is 5.84 Å². The van der Waals surface area contributed by atoms with Crippen molar-refractivity contribution in [2.45, 2.75) is 13.3 Å². The van der Waals surface area contributed by atoms with Crippen molar-refractivity contribution in [3.8, 4) is 11.6 Å². The topological polar surface area (TPSA) is 116 Å². The Labute approximate surface area is 114 Å². The summed E-state index contributed by atoms with van der Waals surface area (Å²) in [5, 5.41) is 11.1. The predicted molar refractivity (Wildman–Crippen MR) is 72.4 cm³/mol. The molecule has 1 aromatic carbocycles. The van der Waals surface area contributed by atoms with Crippen molar-refractivity contribution in [2.24, 2.45) is 5.84 Å². The van der Waals surface area contributed by atoms with Gasteiger partial charge in [0.25, 0.3) is 0 Å². The monoisotopic (exact) mass is 275 g/mol. The summed E-state index contributed by atoms with van der Waals surface area (Å²) in [4.78, 5) is 18.4. The summed E-state index contributed by atoms with van der Waals surface area (Å²) in [7, 11) is 0. The van der Waals surface area contributed by atoms with Crippen LogP contribution in [0.2, 0.25) is 0 Å². The molecule has 0 spiro atoms. The Hall–Kier alpha value is -2.74. The highest BCUT2D eigenvalue weighted by Gasteiger charge is 2.17. The van der Waals surface area contributed by atoms with E-state index in [-0.39, 0.29) is 17.3 Å². The Bertz CT molecular complexity index is 632. The van der Waals surface area contributed by atoms with E-state index in [9.17, 15) is 10.1 Å². The van der Waals surface area contributed by atoms with Gasteiger partial charge >= 0.3 is 5.69 Å². The number of nitrogen functional groups attached to an aromatic ring is 1. The molecule has 0 atom stereocenters. The maximum Gasteiger partial charge on any atom is 0.311 e. The summed E-state index contributed by atoms with van der Waals surface area (Å²) < 4.78 is 5.40. The van der Waals surface area contributed by atoms with Crippen LogP contribution in [-0.4, -0.2) is 14.9 Å². The average Bonchev–Trinajstić information content (AvgIpc) is 2.47. The zero-order valence-electron chi connectivity index (χ0n) is 10.7. The maximum absolute atomic E-state index is 11.1. The highest BCUT2D eigenvalue weighted by atomic mass is 16.6. The normalized spacial score (nSPS) is 10.1. The molecule has 8 nitrogen and oxygen atoms in total. The van der Waals surface area contributed by atoms with Crippen LogP contribution in [0, 0.1) is 10.1 Å². The van der Waals surface area contributed by atoms with Crippen molar-refractivity contribution in [3.05, 3.63) is 46.3 Å². The molecule has 0 amide bonds. The molecule has 0 unspecified atom stereocenters. The van der Waals surface area contributed by atoms with Crippen LogP contribution in [0.25, 0.3) is 0 Å². The number of nitrogens with zero attached hydrogens (tertiary/aromatic N) is 3. The molecule has 0 saturated carbocycles. The SMILES string of the molecule is CCc1ccc(Oc2cncc(NN)n2)c([N+](=O)[O-])c1. The number of hydrazine groups is 1. The number of hydrogen-bond donors (Lipinski definition) is 2. The molecule has 20 heavy (non-hydrogen) atoms. The second-order valence-corrected chi connectivity index (χ2v) is 3.90. The van der Waals surface area contributed by atoms with Crippen LogP contribution < -0.4 is 16.0 Å². The maximum atomic E-state index is 11.1. The lowest BCUT2D eigenvalue weighted by atomic mass is 10.1. The molecule has 8 heteroatoms. The molecule has 1 heterocycles. The minimum absolute atomic E-state index is 0.107. The van der Waals surface area contributed by atoms with Gasteiger partial charge in [-0.3, -0.25) is 15.1 Å². The fourth-order valence-corrected chi connectivity index (χ4v) is 1.59. The molecule has 0 bridgehead atoms. The zero-order chi connectivity index (χ0) is 14.5. The third-order valence-corrected chi connectivity index (χ3v) is 2.60. The Morgan fingerprint density at radius 2 is 2.25 bits per heavy atom. The number of benzene rings is 1. The van der Waals surface area contributed by atoms with Gasteiger partial charge in [0.1, 0.15) is 0 Å². The van der Waals surface area contributed by atoms with Crippen LogP contribution in [0.5, 0.6) is 11.6 Å². The van der Waals surface area contributed by atoms with E-state index < -0.39 is 4.92 Å². The Morgan fingerprint density at radius 3 is 2.90 bits per heavy atom. The fourth-order valence-electron chi connectivity index (χ4n) is 1.59. The van der Waals surface area contributed by atoms with E-state index in [0.29, 0.717) is 12.2 Å². The van der Waals surface area contributed by atoms with Gasteiger partial charge in [0.2, 0.25) is 11.6 Å². The zero-order valence-corrected chi connectivity index (χ0v) is 10.7. The van der Waals surface area contributed by atoms with Crippen molar-refractivity contribution in [3.63, 3.8) is 0 Å².